The lowest BCUT2D eigenvalue weighted by Gasteiger charge is -2.25. The molecule has 3 aromatic rings. The number of ether oxygens (including phenoxy) is 1. The summed E-state index contributed by atoms with van der Waals surface area (Å²) < 4.78 is 7.43. The van der Waals surface area contributed by atoms with Gasteiger partial charge in [0.1, 0.15) is 0 Å². The average Bonchev–Trinajstić information content (AvgIpc) is 3.35. The zero-order chi connectivity index (χ0) is 21.0. The number of aromatic nitrogens is 1. The lowest BCUT2D eigenvalue weighted by atomic mass is 10.1. The summed E-state index contributed by atoms with van der Waals surface area (Å²) in [6.45, 7) is 6.27. The fourth-order valence-electron chi connectivity index (χ4n) is 3.29. The molecule has 6 heteroatoms. The number of rotatable bonds is 7. The fourth-order valence-corrected chi connectivity index (χ4v) is 3.98. The summed E-state index contributed by atoms with van der Waals surface area (Å²) in [6.07, 6.45) is 0. The first-order chi connectivity index (χ1) is 13.9. The minimum Gasteiger partial charge on any atom is -0.452 e. The number of likely N-dealkylation sites (N-methyl/N-ethyl adjacent to an activating group) is 1. The standard InChI is InChI=1S/C23H26N2O3S/c1-16-13-21(18(3)25(16)14-20-11-8-12-29-20)23(27)28-15-22(26)24(4)17(2)19-9-6-5-7-10-19/h5-13,17H,14-15H2,1-4H3/t17-/m0/s1. The van der Waals surface area contributed by atoms with E-state index in [2.05, 4.69) is 10.6 Å². The van der Waals surface area contributed by atoms with Crippen molar-refractivity contribution in [1.29, 1.82) is 0 Å². The molecule has 0 saturated carbocycles. The maximum absolute atomic E-state index is 12.6. The van der Waals surface area contributed by atoms with E-state index in [-0.39, 0.29) is 18.6 Å². The quantitative estimate of drug-likeness (QED) is 0.535. The Bertz CT molecular complexity index is 977. The average molecular weight is 411 g/mol. The molecule has 2 aromatic heterocycles. The molecule has 5 nitrogen and oxygen atoms in total. The lowest BCUT2D eigenvalue weighted by Crippen LogP contribution is -2.33. The summed E-state index contributed by atoms with van der Waals surface area (Å²) in [5, 5.41) is 2.04. The van der Waals surface area contributed by atoms with E-state index in [1.54, 1.807) is 23.3 Å². The number of aryl methyl sites for hydroxylation is 1. The van der Waals surface area contributed by atoms with Gasteiger partial charge in [-0.3, -0.25) is 4.79 Å². The van der Waals surface area contributed by atoms with E-state index in [9.17, 15) is 9.59 Å². The summed E-state index contributed by atoms with van der Waals surface area (Å²) in [6, 6.07) is 15.6. The zero-order valence-corrected chi connectivity index (χ0v) is 18.0. The number of esters is 1. The smallest absolute Gasteiger partial charge is 0.340 e. The molecular weight excluding hydrogens is 384 g/mol. The van der Waals surface area contributed by atoms with Gasteiger partial charge in [-0.2, -0.15) is 0 Å². The highest BCUT2D eigenvalue weighted by Crippen LogP contribution is 2.21. The van der Waals surface area contributed by atoms with Gasteiger partial charge >= 0.3 is 5.97 Å². The van der Waals surface area contributed by atoms with Gasteiger partial charge in [-0.25, -0.2) is 4.79 Å². The predicted octanol–water partition coefficient (Wildman–Crippen LogP) is 4.59. The number of thiophene rings is 1. The minimum atomic E-state index is -0.468. The number of amides is 1. The Balaban J connectivity index is 1.62. The first kappa shape index (κ1) is 20.9. The van der Waals surface area contributed by atoms with Crippen molar-refractivity contribution >= 4 is 23.2 Å². The van der Waals surface area contributed by atoms with E-state index in [1.165, 1.54) is 4.88 Å². The Hall–Kier alpha value is -2.86. The molecule has 152 valence electrons. The number of carbonyl (C=O) groups excluding carboxylic acids is 2. The normalized spacial score (nSPS) is 11.9. The van der Waals surface area contributed by atoms with Crippen LogP contribution < -0.4 is 0 Å². The van der Waals surface area contributed by atoms with Gasteiger partial charge in [0, 0.05) is 23.3 Å². The second kappa shape index (κ2) is 9.09. The maximum atomic E-state index is 12.6. The molecule has 0 saturated heterocycles. The van der Waals surface area contributed by atoms with E-state index in [0.717, 1.165) is 23.5 Å². The van der Waals surface area contributed by atoms with Gasteiger partial charge in [0.25, 0.3) is 5.91 Å². The van der Waals surface area contributed by atoms with E-state index >= 15 is 0 Å². The van der Waals surface area contributed by atoms with Crippen molar-refractivity contribution in [3.05, 3.63) is 81.3 Å². The van der Waals surface area contributed by atoms with Gasteiger partial charge in [0.05, 0.1) is 18.2 Å². The molecular formula is C23H26N2O3S. The first-order valence-electron chi connectivity index (χ1n) is 9.55. The van der Waals surface area contributed by atoms with Crippen LogP contribution >= 0.6 is 11.3 Å². The lowest BCUT2D eigenvalue weighted by molar-refractivity contribution is -0.135. The van der Waals surface area contributed by atoms with E-state index in [0.29, 0.717) is 5.56 Å². The van der Waals surface area contributed by atoms with Crippen LogP contribution in [0.25, 0.3) is 0 Å². The van der Waals surface area contributed by atoms with Crippen LogP contribution in [0, 0.1) is 13.8 Å². The third-order valence-corrected chi connectivity index (χ3v) is 6.13. The molecule has 0 bridgehead atoms. The highest BCUT2D eigenvalue weighted by molar-refractivity contribution is 7.09. The molecule has 0 aliphatic rings. The van der Waals surface area contributed by atoms with Crippen molar-refractivity contribution < 1.29 is 14.3 Å². The highest BCUT2D eigenvalue weighted by Gasteiger charge is 2.21. The van der Waals surface area contributed by atoms with Crippen molar-refractivity contribution in [3.8, 4) is 0 Å². The van der Waals surface area contributed by atoms with E-state index in [4.69, 9.17) is 4.74 Å². The number of benzene rings is 1. The van der Waals surface area contributed by atoms with Crippen LogP contribution in [0.1, 0.15) is 45.2 Å². The minimum absolute atomic E-state index is 0.0988. The van der Waals surface area contributed by atoms with Crippen LogP contribution in [0.4, 0.5) is 0 Å². The summed E-state index contributed by atoms with van der Waals surface area (Å²) in [7, 11) is 1.72. The molecule has 0 unspecified atom stereocenters. The Kier molecular flexibility index (Phi) is 6.54. The molecule has 0 aliphatic heterocycles. The van der Waals surface area contributed by atoms with Crippen molar-refractivity contribution in [2.45, 2.75) is 33.4 Å². The Morgan fingerprint density at radius 1 is 1.14 bits per heavy atom. The third kappa shape index (κ3) is 4.77. The van der Waals surface area contributed by atoms with Crippen LogP contribution in [-0.4, -0.2) is 35.0 Å². The Morgan fingerprint density at radius 3 is 2.52 bits per heavy atom. The predicted molar refractivity (Wildman–Crippen MR) is 115 cm³/mol. The van der Waals surface area contributed by atoms with Gasteiger partial charge in [-0.15, -0.1) is 11.3 Å². The van der Waals surface area contributed by atoms with E-state index in [1.807, 2.05) is 68.6 Å². The topological polar surface area (TPSA) is 51.5 Å². The van der Waals surface area contributed by atoms with Crippen LogP contribution in [0.15, 0.2) is 53.9 Å². The number of hydrogen-bond donors (Lipinski definition) is 0. The number of hydrogen-bond acceptors (Lipinski definition) is 4. The Labute approximate surface area is 175 Å². The molecule has 0 fully saturated rings. The molecule has 1 atom stereocenters. The molecule has 0 N–H and O–H groups in total. The van der Waals surface area contributed by atoms with Crippen LogP contribution in [-0.2, 0) is 16.1 Å². The van der Waals surface area contributed by atoms with Crippen molar-refractivity contribution in [2.24, 2.45) is 0 Å². The van der Waals surface area contributed by atoms with Crippen molar-refractivity contribution in [1.82, 2.24) is 9.47 Å². The zero-order valence-electron chi connectivity index (χ0n) is 17.2. The van der Waals surface area contributed by atoms with Gasteiger partial charge < -0.3 is 14.2 Å². The van der Waals surface area contributed by atoms with Crippen molar-refractivity contribution in [3.63, 3.8) is 0 Å². The molecule has 1 amide bonds. The Morgan fingerprint density at radius 2 is 1.86 bits per heavy atom. The third-order valence-electron chi connectivity index (χ3n) is 5.27. The monoisotopic (exact) mass is 410 g/mol. The van der Waals surface area contributed by atoms with Crippen molar-refractivity contribution in [2.75, 3.05) is 13.7 Å². The summed E-state index contributed by atoms with van der Waals surface area (Å²) >= 11 is 1.68. The van der Waals surface area contributed by atoms with E-state index < -0.39 is 5.97 Å². The first-order valence-corrected chi connectivity index (χ1v) is 10.4. The summed E-state index contributed by atoms with van der Waals surface area (Å²) in [5.74, 6) is -0.702. The summed E-state index contributed by atoms with van der Waals surface area (Å²) in [5.41, 5.74) is 3.38. The second-order valence-corrected chi connectivity index (χ2v) is 8.15. The SMILES string of the molecule is Cc1cc(C(=O)OCC(=O)N(C)[C@@H](C)c2ccccc2)c(C)n1Cc1cccs1. The van der Waals surface area contributed by atoms with Crippen LogP contribution in [0.2, 0.25) is 0 Å². The van der Waals surface area contributed by atoms with Crippen LogP contribution in [0.5, 0.6) is 0 Å². The largest absolute Gasteiger partial charge is 0.452 e. The molecule has 0 aliphatic carbocycles. The van der Waals surface area contributed by atoms with Gasteiger partial charge in [0.15, 0.2) is 6.61 Å². The molecule has 1 aromatic carbocycles. The van der Waals surface area contributed by atoms with Crippen LogP contribution in [0.3, 0.4) is 0 Å². The van der Waals surface area contributed by atoms with Gasteiger partial charge in [-0.1, -0.05) is 36.4 Å². The summed E-state index contributed by atoms with van der Waals surface area (Å²) in [4.78, 5) is 27.9. The molecule has 3 rings (SSSR count). The number of nitrogens with zero attached hydrogens (tertiary/aromatic N) is 2. The fraction of sp³-hybridized carbons (Fsp3) is 0.304. The highest BCUT2D eigenvalue weighted by atomic mass is 32.1. The number of carbonyl (C=O) groups is 2. The molecule has 0 radical (unpaired) electrons. The van der Waals surface area contributed by atoms with Gasteiger partial charge in [-0.05, 0) is 43.8 Å². The molecule has 2 heterocycles. The maximum Gasteiger partial charge on any atom is 0.340 e. The second-order valence-electron chi connectivity index (χ2n) is 7.12. The molecule has 0 spiro atoms. The van der Waals surface area contributed by atoms with Gasteiger partial charge in [0.2, 0.25) is 0 Å². The molecule has 29 heavy (non-hydrogen) atoms.